The molecule has 2 rings (SSSR count). The molecule has 1 aromatic rings. The van der Waals surface area contributed by atoms with E-state index in [9.17, 15) is 13.2 Å². The minimum atomic E-state index is -3.40. The van der Waals surface area contributed by atoms with Gasteiger partial charge in [-0.05, 0) is 31.9 Å². The lowest BCUT2D eigenvalue weighted by molar-refractivity contribution is -0.126. The monoisotopic (exact) mass is 403 g/mol. The molecule has 0 radical (unpaired) electrons. The number of hydrogen-bond donors (Lipinski definition) is 2. The minimum absolute atomic E-state index is 0. The number of piperidine rings is 1. The SMILES string of the molecule is CCN[C@H](C)CNC(=O)C1CCCN(S(=O)(=O)Cc2ccccc2)C1.Cl. The van der Waals surface area contributed by atoms with Gasteiger partial charge in [0.05, 0.1) is 11.7 Å². The molecule has 6 nitrogen and oxygen atoms in total. The first-order valence-corrected chi connectivity index (χ1v) is 10.6. The second-order valence-corrected chi connectivity index (χ2v) is 8.61. The Kier molecular flexibility index (Phi) is 9.57. The highest BCUT2D eigenvalue weighted by Crippen LogP contribution is 2.21. The van der Waals surface area contributed by atoms with Gasteiger partial charge in [0.1, 0.15) is 0 Å². The lowest BCUT2D eigenvalue weighted by Gasteiger charge is -2.31. The van der Waals surface area contributed by atoms with Crippen molar-refractivity contribution in [2.75, 3.05) is 26.2 Å². The van der Waals surface area contributed by atoms with Crippen LogP contribution in [-0.4, -0.2) is 50.9 Å². The lowest BCUT2D eigenvalue weighted by atomic mass is 9.99. The van der Waals surface area contributed by atoms with Crippen molar-refractivity contribution in [3.05, 3.63) is 35.9 Å². The maximum absolute atomic E-state index is 12.7. The number of nitrogens with zero attached hydrogens (tertiary/aromatic N) is 1. The van der Waals surface area contributed by atoms with Crippen LogP contribution >= 0.6 is 12.4 Å². The van der Waals surface area contributed by atoms with Crippen molar-refractivity contribution in [3.8, 4) is 0 Å². The summed E-state index contributed by atoms with van der Waals surface area (Å²) in [5.41, 5.74) is 0.772. The standard InChI is InChI=1S/C18H29N3O3S.ClH/c1-3-19-15(2)12-20-18(22)17-10-7-11-21(13-17)25(23,24)14-16-8-5-4-6-9-16;/h4-6,8-9,15,17,19H,3,7,10-14H2,1-2H3,(H,20,22);1H/t15-,17?;/m1./s1. The van der Waals surface area contributed by atoms with E-state index in [1.807, 2.05) is 44.2 Å². The Morgan fingerprint density at radius 2 is 2.00 bits per heavy atom. The fourth-order valence-electron chi connectivity index (χ4n) is 3.10. The third kappa shape index (κ3) is 6.87. The van der Waals surface area contributed by atoms with E-state index in [1.54, 1.807) is 0 Å². The van der Waals surface area contributed by atoms with Crippen molar-refractivity contribution in [1.29, 1.82) is 0 Å². The van der Waals surface area contributed by atoms with E-state index in [2.05, 4.69) is 10.6 Å². The Labute approximate surface area is 163 Å². The van der Waals surface area contributed by atoms with E-state index in [0.29, 0.717) is 13.1 Å². The molecule has 1 heterocycles. The molecule has 8 heteroatoms. The fourth-order valence-corrected chi connectivity index (χ4v) is 4.71. The molecule has 148 valence electrons. The van der Waals surface area contributed by atoms with Gasteiger partial charge in [0.25, 0.3) is 0 Å². The van der Waals surface area contributed by atoms with Crippen LogP contribution in [0.15, 0.2) is 30.3 Å². The molecule has 2 N–H and O–H groups in total. The Hall–Kier alpha value is -1.15. The van der Waals surface area contributed by atoms with Crippen LogP contribution in [0.2, 0.25) is 0 Å². The van der Waals surface area contributed by atoms with Gasteiger partial charge in [-0.3, -0.25) is 4.79 Å². The number of hydrogen-bond acceptors (Lipinski definition) is 4. The zero-order valence-electron chi connectivity index (χ0n) is 15.5. The highest BCUT2D eigenvalue weighted by atomic mass is 35.5. The van der Waals surface area contributed by atoms with E-state index >= 15 is 0 Å². The van der Waals surface area contributed by atoms with Crippen LogP contribution in [0, 0.1) is 5.92 Å². The van der Waals surface area contributed by atoms with Gasteiger partial charge in [-0.2, -0.15) is 0 Å². The number of carbonyl (C=O) groups is 1. The fraction of sp³-hybridized carbons (Fsp3) is 0.611. The lowest BCUT2D eigenvalue weighted by Crippen LogP contribution is -2.47. The Morgan fingerprint density at radius 3 is 2.65 bits per heavy atom. The van der Waals surface area contributed by atoms with Gasteiger partial charge in [-0.15, -0.1) is 12.4 Å². The summed E-state index contributed by atoms with van der Waals surface area (Å²) in [7, 11) is -3.40. The number of amides is 1. The second-order valence-electron chi connectivity index (χ2n) is 6.64. The number of carbonyl (C=O) groups excluding carboxylic acids is 1. The molecule has 26 heavy (non-hydrogen) atoms. The maximum Gasteiger partial charge on any atom is 0.224 e. The molecular weight excluding hydrogens is 374 g/mol. The van der Waals surface area contributed by atoms with Crippen LogP contribution in [-0.2, 0) is 20.6 Å². The number of nitrogens with one attached hydrogen (secondary N) is 2. The predicted octanol–water partition coefficient (Wildman–Crippen LogP) is 1.76. The second kappa shape index (κ2) is 10.9. The molecule has 0 spiro atoms. The van der Waals surface area contributed by atoms with Crippen molar-refractivity contribution in [2.24, 2.45) is 5.92 Å². The number of halogens is 1. The van der Waals surface area contributed by atoms with Crippen LogP contribution in [0.25, 0.3) is 0 Å². The van der Waals surface area contributed by atoms with Crippen LogP contribution in [0.4, 0.5) is 0 Å². The quantitative estimate of drug-likeness (QED) is 0.693. The van der Waals surface area contributed by atoms with E-state index in [-0.39, 0.29) is 42.6 Å². The summed E-state index contributed by atoms with van der Waals surface area (Å²) in [4.78, 5) is 12.4. The predicted molar refractivity (Wildman–Crippen MR) is 107 cm³/mol. The van der Waals surface area contributed by atoms with Gasteiger partial charge in [0.2, 0.25) is 15.9 Å². The van der Waals surface area contributed by atoms with Crippen molar-refractivity contribution >= 4 is 28.3 Å². The van der Waals surface area contributed by atoms with Crippen molar-refractivity contribution in [2.45, 2.75) is 38.5 Å². The largest absolute Gasteiger partial charge is 0.354 e. The van der Waals surface area contributed by atoms with Gasteiger partial charge in [0, 0.05) is 25.7 Å². The molecule has 0 aromatic heterocycles. The average Bonchev–Trinajstić information content (AvgIpc) is 2.60. The average molecular weight is 404 g/mol. The number of likely N-dealkylation sites (N-methyl/N-ethyl adjacent to an activating group) is 1. The zero-order valence-corrected chi connectivity index (χ0v) is 17.1. The Balaban J connectivity index is 0.00000338. The zero-order chi connectivity index (χ0) is 18.3. The molecule has 1 aromatic carbocycles. The van der Waals surface area contributed by atoms with E-state index in [4.69, 9.17) is 0 Å². The molecule has 1 aliphatic rings. The summed E-state index contributed by atoms with van der Waals surface area (Å²) in [6.45, 7) is 6.21. The summed E-state index contributed by atoms with van der Waals surface area (Å²) in [5, 5.41) is 6.18. The number of sulfonamides is 1. The normalized spacial score (nSPS) is 19.4. The van der Waals surface area contributed by atoms with Gasteiger partial charge in [0.15, 0.2) is 0 Å². The van der Waals surface area contributed by atoms with Gasteiger partial charge < -0.3 is 10.6 Å². The van der Waals surface area contributed by atoms with E-state index in [0.717, 1.165) is 24.9 Å². The minimum Gasteiger partial charge on any atom is -0.354 e. The summed E-state index contributed by atoms with van der Waals surface area (Å²) < 4.78 is 26.8. The molecule has 1 aliphatic heterocycles. The van der Waals surface area contributed by atoms with Gasteiger partial charge in [-0.25, -0.2) is 12.7 Å². The molecule has 1 saturated heterocycles. The molecule has 1 amide bonds. The van der Waals surface area contributed by atoms with Crippen LogP contribution in [0.5, 0.6) is 0 Å². The number of rotatable bonds is 8. The van der Waals surface area contributed by atoms with Crippen LogP contribution in [0.1, 0.15) is 32.3 Å². The first-order chi connectivity index (χ1) is 11.9. The first-order valence-electron chi connectivity index (χ1n) is 8.95. The summed E-state index contributed by atoms with van der Waals surface area (Å²) >= 11 is 0. The van der Waals surface area contributed by atoms with Crippen LogP contribution < -0.4 is 10.6 Å². The molecule has 0 saturated carbocycles. The van der Waals surface area contributed by atoms with E-state index in [1.165, 1.54) is 4.31 Å². The molecule has 1 fully saturated rings. The Bertz CT molecular complexity index is 655. The molecular formula is C18H30ClN3O3S. The highest BCUT2D eigenvalue weighted by molar-refractivity contribution is 7.88. The topological polar surface area (TPSA) is 78.5 Å². The van der Waals surface area contributed by atoms with Gasteiger partial charge >= 0.3 is 0 Å². The molecule has 0 bridgehead atoms. The summed E-state index contributed by atoms with van der Waals surface area (Å²) in [6, 6.07) is 9.37. The third-order valence-electron chi connectivity index (χ3n) is 4.48. The smallest absolute Gasteiger partial charge is 0.224 e. The first kappa shape index (κ1) is 22.9. The summed E-state index contributed by atoms with van der Waals surface area (Å²) in [5.74, 6) is -0.336. The van der Waals surface area contributed by atoms with Crippen LogP contribution in [0.3, 0.4) is 0 Å². The van der Waals surface area contributed by atoms with Crippen molar-refractivity contribution in [3.63, 3.8) is 0 Å². The summed E-state index contributed by atoms with van der Waals surface area (Å²) in [6.07, 6.45) is 1.45. The Morgan fingerprint density at radius 1 is 1.31 bits per heavy atom. The van der Waals surface area contributed by atoms with Gasteiger partial charge in [-0.1, -0.05) is 37.3 Å². The number of benzene rings is 1. The van der Waals surface area contributed by atoms with Crippen molar-refractivity contribution < 1.29 is 13.2 Å². The highest BCUT2D eigenvalue weighted by Gasteiger charge is 2.32. The molecule has 0 aliphatic carbocycles. The maximum atomic E-state index is 12.7. The third-order valence-corrected chi connectivity index (χ3v) is 6.29. The van der Waals surface area contributed by atoms with E-state index < -0.39 is 10.0 Å². The molecule has 2 atom stereocenters. The van der Waals surface area contributed by atoms with Crippen molar-refractivity contribution in [1.82, 2.24) is 14.9 Å². The molecule has 1 unspecified atom stereocenters.